The summed E-state index contributed by atoms with van der Waals surface area (Å²) in [4.78, 5) is 16.0. The van der Waals surface area contributed by atoms with Gasteiger partial charge < -0.3 is 15.1 Å². The SMILES string of the molecule is [2H]c1c([2H])c(C)c(Cl)c(N2CCN(C([2H])([2H])CC3([2H])C([2H])([2H])C([2H])([2H])C([2H])(NC(=O)N(C)C)C([2H])([2H])C3([2H])[2H])CC2)c1[2H]. The number of anilines is 1. The van der Waals surface area contributed by atoms with Crippen LogP contribution < -0.4 is 10.2 Å². The third kappa shape index (κ3) is 5.54. The van der Waals surface area contributed by atoms with E-state index in [4.69, 9.17) is 32.2 Å². The molecule has 1 saturated heterocycles. The lowest BCUT2D eigenvalue weighted by atomic mass is 9.84. The number of benzene rings is 1. The molecule has 0 radical (unpaired) electrons. The van der Waals surface area contributed by atoms with Gasteiger partial charge in [-0.15, -0.1) is 0 Å². The zero-order chi connectivity index (χ0) is 33.5. The summed E-state index contributed by atoms with van der Waals surface area (Å²) >= 11 is 6.39. The number of hydrogen-bond donors (Lipinski definition) is 1. The van der Waals surface area contributed by atoms with Crippen LogP contribution in [0.15, 0.2) is 18.1 Å². The number of rotatable bonds is 5. The summed E-state index contributed by atoms with van der Waals surface area (Å²) in [5.41, 5.74) is 0.481. The van der Waals surface area contributed by atoms with E-state index < -0.39 is 56.4 Å². The van der Waals surface area contributed by atoms with Crippen molar-refractivity contribution in [1.82, 2.24) is 15.1 Å². The predicted molar refractivity (Wildman–Crippen MR) is 117 cm³/mol. The first-order valence-electron chi connectivity index (χ1n) is 16.4. The van der Waals surface area contributed by atoms with E-state index in [0.717, 1.165) is 9.80 Å². The fraction of sp³-hybridized carbons (Fsp3) is 0.682. The van der Waals surface area contributed by atoms with Crippen LogP contribution in [0.4, 0.5) is 10.5 Å². The van der Waals surface area contributed by atoms with Gasteiger partial charge in [0.15, 0.2) is 0 Å². The maximum Gasteiger partial charge on any atom is 0.317 e. The topological polar surface area (TPSA) is 38.8 Å². The number of carbonyl (C=O) groups is 1. The number of amides is 2. The molecule has 1 N–H and O–H groups in total. The molecule has 1 aromatic carbocycles. The molecule has 6 heteroatoms. The quantitative estimate of drug-likeness (QED) is 0.781. The second kappa shape index (κ2) is 9.84. The summed E-state index contributed by atoms with van der Waals surface area (Å²) in [6, 6.07) is -5.56. The molecular formula is C22H35ClN4O. The Morgan fingerprint density at radius 1 is 1.32 bits per heavy atom. The molecule has 2 aliphatic rings. The molecule has 1 saturated carbocycles. The summed E-state index contributed by atoms with van der Waals surface area (Å²) in [6.45, 7) is -1.29. The number of nitrogens with zero attached hydrogens (tertiary/aromatic N) is 3. The highest BCUT2D eigenvalue weighted by atomic mass is 35.5. The van der Waals surface area contributed by atoms with Gasteiger partial charge in [0, 0.05) is 61.4 Å². The van der Waals surface area contributed by atoms with Crippen LogP contribution in [0.2, 0.25) is 5.02 Å². The lowest BCUT2D eigenvalue weighted by Gasteiger charge is -2.37. The van der Waals surface area contributed by atoms with E-state index in [9.17, 15) is 4.79 Å². The van der Waals surface area contributed by atoms with E-state index >= 15 is 0 Å². The van der Waals surface area contributed by atoms with Crippen molar-refractivity contribution in [3.63, 3.8) is 0 Å². The Balaban J connectivity index is 1.98. The molecule has 1 aromatic rings. The van der Waals surface area contributed by atoms with Crippen LogP contribution in [0.5, 0.6) is 0 Å². The number of urea groups is 1. The molecule has 156 valence electrons. The Hall–Kier alpha value is -1.46. The maximum absolute atomic E-state index is 12.4. The molecule has 0 bridgehead atoms. The number of piperazine rings is 1. The Morgan fingerprint density at radius 3 is 2.64 bits per heavy atom. The Kier molecular flexibility index (Phi) is 3.21. The van der Waals surface area contributed by atoms with Crippen LogP contribution in [0.1, 0.15) is 58.0 Å². The molecule has 0 atom stereocenters. The minimum Gasteiger partial charge on any atom is -0.368 e. The van der Waals surface area contributed by atoms with Crippen molar-refractivity contribution in [3.05, 3.63) is 28.7 Å². The zero-order valence-corrected chi connectivity index (χ0v) is 16.9. The highest BCUT2D eigenvalue weighted by Crippen LogP contribution is 2.30. The monoisotopic (exact) mass is 421 g/mol. The Morgan fingerprint density at radius 2 is 2.00 bits per heavy atom. The van der Waals surface area contributed by atoms with E-state index in [1.165, 1.54) is 21.0 Å². The molecule has 0 spiro atoms. The van der Waals surface area contributed by atoms with E-state index in [1.807, 2.05) is 0 Å². The van der Waals surface area contributed by atoms with Gasteiger partial charge in [0.25, 0.3) is 0 Å². The first-order valence-corrected chi connectivity index (χ1v) is 9.31. The molecule has 0 unspecified atom stereocenters. The summed E-state index contributed by atoms with van der Waals surface area (Å²) in [5, 5.41) is 1.87. The second-order valence-corrected chi connectivity index (χ2v) is 7.03. The third-order valence-electron chi connectivity index (χ3n) is 4.36. The molecule has 28 heavy (non-hydrogen) atoms. The van der Waals surface area contributed by atoms with E-state index in [0.29, 0.717) is 5.56 Å². The molecule has 1 aliphatic carbocycles. The molecule has 5 nitrogen and oxygen atoms in total. The number of halogens is 1. The van der Waals surface area contributed by atoms with Gasteiger partial charge in [-0.25, -0.2) is 4.79 Å². The fourth-order valence-corrected chi connectivity index (χ4v) is 2.89. The standard InChI is InChI=1S/C22H35ClN4O/c1-17-5-4-6-20(21(17)23)27-15-13-26(14-16-27)12-11-18-7-9-19(10-8-18)24-22(28)25(2)3/h4-6,18-19H,7-16H2,1-3H3,(H,24,28)/i4D,5D,6D,7D2,8D2,9D2,10D2,12D2,18D,19D. The summed E-state index contributed by atoms with van der Waals surface area (Å²) in [6.07, 6.45) is -16.2. The van der Waals surface area contributed by atoms with Crippen LogP contribution in [0.3, 0.4) is 0 Å². The highest BCUT2D eigenvalue weighted by molar-refractivity contribution is 6.34. The van der Waals surface area contributed by atoms with Gasteiger partial charge in [-0.05, 0) is 62.8 Å². The number of nitrogens with one attached hydrogen (secondary N) is 1. The van der Waals surface area contributed by atoms with Crippen molar-refractivity contribution in [2.75, 3.05) is 51.7 Å². The normalized spacial score (nSPS) is 44.3. The van der Waals surface area contributed by atoms with Crippen molar-refractivity contribution in [2.24, 2.45) is 5.89 Å². The molecule has 2 amide bonds. The van der Waals surface area contributed by atoms with Crippen molar-refractivity contribution < 1.29 is 25.4 Å². The van der Waals surface area contributed by atoms with Gasteiger partial charge >= 0.3 is 6.03 Å². The maximum atomic E-state index is 12.4. The minimum absolute atomic E-state index is 0.0418. The molecule has 1 aliphatic heterocycles. The van der Waals surface area contributed by atoms with Crippen molar-refractivity contribution in [1.29, 1.82) is 0 Å². The van der Waals surface area contributed by atoms with E-state index in [1.54, 1.807) is 10.2 Å². The van der Waals surface area contributed by atoms with E-state index in [-0.39, 0.29) is 55.0 Å². The lowest BCUT2D eigenvalue weighted by molar-refractivity contribution is 0.194. The second-order valence-electron chi connectivity index (χ2n) is 6.65. The average molecular weight is 422 g/mol. The zero-order valence-electron chi connectivity index (χ0n) is 31.2. The largest absolute Gasteiger partial charge is 0.368 e. The molecule has 3 rings (SSSR count). The molecular weight excluding hydrogens is 372 g/mol. The highest BCUT2D eigenvalue weighted by Gasteiger charge is 2.24. The summed E-state index contributed by atoms with van der Waals surface area (Å²) in [7, 11) is 2.41. The fourth-order valence-electron chi connectivity index (χ4n) is 2.68. The van der Waals surface area contributed by atoms with Crippen LogP contribution in [0, 0.1) is 12.8 Å². The Labute approximate surface area is 196 Å². The van der Waals surface area contributed by atoms with Gasteiger partial charge in [0.05, 0.1) is 16.2 Å². The van der Waals surface area contributed by atoms with Gasteiger partial charge in [-0.1, -0.05) is 23.7 Å². The Bertz CT molecular complexity index is 1230. The molecule has 1 heterocycles. The average Bonchev–Trinajstić information content (AvgIpc) is 2.89. The third-order valence-corrected chi connectivity index (χ3v) is 4.82. The van der Waals surface area contributed by atoms with Crippen LogP contribution in [-0.2, 0) is 0 Å². The molecule has 0 aromatic heterocycles. The first kappa shape index (κ1) is 9.13. The smallest absolute Gasteiger partial charge is 0.317 e. The van der Waals surface area contributed by atoms with Crippen LogP contribution in [-0.4, -0.2) is 68.6 Å². The lowest BCUT2D eigenvalue weighted by Crippen LogP contribution is -2.47. The summed E-state index contributed by atoms with van der Waals surface area (Å²) < 4.78 is 128. The molecule has 2 fully saturated rings. The van der Waals surface area contributed by atoms with Crippen molar-refractivity contribution in [2.45, 2.75) is 44.9 Å². The predicted octanol–water partition coefficient (Wildman–Crippen LogP) is 3.99. The number of hydrogen-bond acceptors (Lipinski definition) is 3. The van der Waals surface area contributed by atoms with Gasteiger partial charge in [0.1, 0.15) is 0 Å². The van der Waals surface area contributed by atoms with Crippen LogP contribution in [0.25, 0.3) is 0 Å². The number of carbonyl (C=O) groups excluding carboxylic acids is 1. The van der Waals surface area contributed by atoms with Gasteiger partial charge in [0.2, 0.25) is 0 Å². The van der Waals surface area contributed by atoms with Gasteiger partial charge in [-0.3, -0.25) is 4.90 Å². The van der Waals surface area contributed by atoms with Crippen molar-refractivity contribution >= 4 is 23.3 Å². The van der Waals surface area contributed by atoms with Crippen molar-refractivity contribution in [3.8, 4) is 0 Å². The van der Waals surface area contributed by atoms with E-state index in [2.05, 4.69) is 0 Å². The van der Waals surface area contributed by atoms with Gasteiger partial charge in [-0.2, -0.15) is 0 Å². The first-order chi connectivity index (χ1) is 19.2. The minimum atomic E-state index is -3.73. The summed E-state index contributed by atoms with van der Waals surface area (Å²) in [5.74, 6) is -3.44. The van der Waals surface area contributed by atoms with Crippen LogP contribution >= 0.6 is 11.6 Å².